The second-order valence-corrected chi connectivity index (χ2v) is 9.57. The van der Waals surface area contributed by atoms with E-state index in [0.29, 0.717) is 0 Å². The summed E-state index contributed by atoms with van der Waals surface area (Å²) in [6, 6.07) is 2.29. The van der Waals surface area contributed by atoms with Gasteiger partial charge in [0, 0.05) is 45.5 Å². The first kappa shape index (κ1) is 27.1. The van der Waals surface area contributed by atoms with Crippen LogP contribution in [0.1, 0.15) is 62.1 Å². The summed E-state index contributed by atoms with van der Waals surface area (Å²) >= 11 is 6.11. The molecule has 0 bridgehead atoms. The molecule has 194 valence electrons. The number of carbonyl (C=O) groups is 6. The van der Waals surface area contributed by atoms with Gasteiger partial charge in [0.25, 0.3) is 0 Å². The molecule has 0 saturated heterocycles. The van der Waals surface area contributed by atoms with Crippen LogP contribution < -0.4 is 9.47 Å². The maximum absolute atomic E-state index is 13.4. The molecule has 0 N–H and O–H groups in total. The van der Waals surface area contributed by atoms with Crippen LogP contribution in [-0.4, -0.2) is 63.5 Å². The van der Waals surface area contributed by atoms with Crippen LogP contribution >= 0.6 is 31.9 Å². The first-order chi connectivity index (χ1) is 18.0. The van der Waals surface area contributed by atoms with Crippen LogP contribution in [0.4, 0.5) is 0 Å². The second-order valence-electron chi connectivity index (χ2n) is 7.86. The Labute approximate surface area is 231 Å². The molecule has 12 heteroatoms. The van der Waals surface area contributed by atoms with Gasteiger partial charge in [0.1, 0.15) is 22.6 Å². The molecule has 0 saturated carbocycles. The van der Waals surface area contributed by atoms with E-state index in [1.54, 1.807) is 0 Å². The van der Waals surface area contributed by atoms with Crippen LogP contribution in [0.2, 0.25) is 0 Å². The van der Waals surface area contributed by atoms with Crippen LogP contribution in [0.25, 0.3) is 11.1 Å². The van der Waals surface area contributed by atoms with E-state index < -0.39 is 35.1 Å². The summed E-state index contributed by atoms with van der Waals surface area (Å²) in [4.78, 5) is 78.6. The van der Waals surface area contributed by atoms with E-state index in [0.717, 1.165) is 38.5 Å². The zero-order chi connectivity index (χ0) is 28.0. The van der Waals surface area contributed by atoms with Crippen molar-refractivity contribution in [3.05, 3.63) is 66.6 Å². The number of hydrogen-bond acceptors (Lipinski definition) is 10. The van der Waals surface area contributed by atoms with Crippen LogP contribution in [0.3, 0.4) is 0 Å². The largest absolute Gasteiger partial charge is 0.495 e. The topological polar surface area (TPSA) is 139 Å². The summed E-state index contributed by atoms with van der Waals surface area (Å²) in [5.74, 6) is -4.98. The van der Waals surface area contributed by atoms with Crippen molar-refractivity contribution in [1.29, 1.82) is 0 Å². The van der Waals surface area contributed by atoms with Gasteiger partial charge in [0.2, 0.25) is 11.6 Å². The standard InChI is InChI=1S/C26H16Br2O10/c1-35-23-11(25(33)37-3)5-9-17(15(29)7-13(27)21(9)31)19(23)20-18-10(22(32)14(28)8-16(18)30)6-12(24(20)36-2)26(34)38-4/h5-8H,1-4H3. The van der Waals surface area contributed by atoms with Gasteiger partial charge in [-0.1, -0.05) is 0 Å². The third kappa shape index (κ3) is 4.00. The van der Waals surface area contributed by atoms with E-state index in [1.165, 1.54) is 14.2 Å². The average molecular weight is 648 g/mol. The van der Waals surface area contributed by atoms with Crippen molar-refractivity contribution >= 4 is 66.9 Å². The molecular weight excluding hydrogens is 632 g/mol. The van der Waals surface area contributed by atoms with Gasteiger partial charge < -0.3 is 18.9 Å². The average Bonchev–Trinajstić information content (AvgIpc) is 2.91. The number of fused-ring (bicyclic) bond motifs is 2. The number of allylic oxidation sites excluding steroid dienone is 4. The normalized spacial score (nSPS) is 14.3. The number of hydrogen-bond donors (Lipinski definition) is 0. The summed E-state index contributed by atoms with van der Waals surface area (Å²) in [6.45, 7) is 0. The van der Waals surface area contributed by atoms with Gasteiger partial charge in [-0.2, -0.15) is 0 Å². The quantitative estimate of drug-likeness (QED) is 0.433. The molecule has 0 aromatic heterocycles. The molecule has 0 aliphatic heterocycles. The summed E-state index contributed by atoms with van der Waals surface area (Å²) in [7, 11) is 4.61. The SMILES string of the molecule is COC(=O)c1cc2c(c(-c3c(OC)c(C(=O)OC)cc4c3C(=O)C=C(Br)C4=O)c1OC)C(=O)C=C(Br)C2=O. The number of benzene rings is 2. The van der Waals surface area contributed by atoms with Gasteiger partial charge in [-0.25, -0.2) is 9.59 Å². The lowest BCUT2D eigenvalue weighted by Gasteiger charge is -2.26. The van der Waals surface area contributed by atoms with Gasteiger partial charge in [-0.05, 0) is 44.0 Å². The number of rotatable bonds is 5. The van der Waals surface area contributed by atoms with E-state index in [2.05, 4.69) is 31.9 Å². The van der Waals surface area contributed by atoms with E-state index in [4.69, 9.17) is 18.9 Å². The van der Waals surface area contributed by atoms with Crippen molar-refractivity contribution < 1.29 is 47.7 Å². The lowest BCUT2D eigenvalue weighted by atomic mass is 9.79. The smallest absolute Gasteiger partial charge is 0.341 e. The predicted octanol–water partition coefficient (Wildman–Crippen LogP) is 4.26. The number of ketones is 4. The Morgan fingerprint density at radius 1 is 0.605 bits per heavy atom. The molecule has 0 atom stereocenters. The zero-order valence-corrected chi connectivity index (χ0v) is 23.3. The number of Topliss-reactive ketones (excluding diaryl/α,β-unsaturated/α-hetero) is 2. The minimum absolute atomic E-state index is 0.0719. The molecule has 0 heterocycles. The summed E-state index contributed by atoms with van der Waals surface area (Å²) in [6.07, 6.45) is 2.05. The predicted molar refractivity (Wildman–Crippen MR) is 139 cm³/mol. The molecule has 0 unspecified atom stereocenters. The first-order valence-electron chi connectivity index (χ1n) is 10.6. The highest BCUT2D eigenvalue weighted by Crippen LogP contribution is 2.49. The molecule has 2 aromatic rings. The molecule has 2 aromatic carbocycles. The summed E-state index contributed by atoms with van der Waals surface area (Å²) < 4.78 is 20.7. The third-order valence-electron chi connectivity index (χ3n) is 5.96. The van der Waals surface area contributed by atoms with Crippen LogP contribution in [0, 0.1) is 0 Å². The molecule has 2 aliphatic rings. The van der Waals surface area contributed by atoms with Crippen LogP contribution in [0.15, 0.2) is 33.2 Å². The molecule has 0 fully saturated rings. The summed E-state index contributed by atoms with van der Waals surface area (Å²) in [5, 5.41) is 0. The van der Waals surface area contributed by atoms with Crippen molar-refractivity contribution in [2.45, 2.75) is 0 Å². The highest BCUT2D eigenvalue weighted by atomic mass is 79.9. The molecule has 2 aliphatic carbocycles. The maximum Gasteiger partial charge on any atom is 0.341 e. The van der Waals surface area contributed by atoms with Crippen molar-refractivity contribution in [3.8, 4) is 22.6 Å². The van der Waals surface area contributed by atoms with Gasteiger partial charge in [-0.15, -0.1) is 0 Å². The van der Waals surface area contributed by atoms with Crippen LogP contribution in [0.5, 0.6) is 11.5 Å². The Kier molecular flexibility index (Phi) is 7.22. The highest BCUT2D eigenvalue weighted by Gasteiger charge is 2.39. The fourth-order valence-corrected chi connectivity index (χ4v) is 5.23. The van der Waals surface area contributed by atoms with Crippen LogP contribution in [-0.2, 0) is 9.47 Å². The zero-order valence-electron chi connectivity index (χ0n) is 20.1. The molecular formula is C26H16Br2O10. The molecule has 10 nitrogen and oxygen atoms in total. The highest BCUT2D eigenvalue weighted by molar-refractivity contribution is 9.12. The van der Waals surface area contributed by atoms with Crippen molar-refractivity contribution in [2.24, 2.45) is 0 Å². The monoisotopic (exact) mass is 646 g/mol. The molecule has 0 spiro atoms. The first-order valence-corrected chi connectivity index (χ1v) is 12.2. The van der Waals surface area contributed by atoms with E-state index in [1.807, 2.05) is 0 Å². The molecule has 38 heavy (non-hydrogen) atoms. The van der Waals surface area contributed by atoms with Gasteiger partial charge >= 0.3 is 11.9 Å². The second kappa shape index (κ2) is 10.1. The van der Waals surface area contributed by atoms with Gasteiger partial charge in [0.05, 0.1) is 37.4 Å². The Morgan fingerprint density at radius 2 is 0.947 bits per heavy atom. The summed E-state index contributed by atoms with van der Waals surface area (Å²) in [5.41, 5.74) is -1.82. The number of esters is 2. The van der Waals surface area contributed by atoms with E-state index in [9.17, 15) is 28.8 Å². The number of methoxy groups -OCH3 is 4. The van der Waals surface area contributed by atoms with E-state index >= 15 is 0 Å². The fraction of sp³-hybridized carbons (Fsp3) is 0.154. The van der Waals surface area contributed by atoms with Gasteiger partial charge in [0.15, 0.2) is 11.6 Å². The molecule has 0 amide bonds. The number of halogens is 2. The van der Waals surface area contributed by atoms with Crippen molar-refractivity contribution in [3.63, 3.8) is 0 Å². The maximum atomic E-state index is 13.4. The molecule has 4 rings (SSSR count). The molecule has 0 radical (unpaired) electrons. The van der Waals surface area contributed by atoms with Crippen molar-refractivity contribution in [1.82, 2.24) is 0 Å². The van der Waals surface area contributed by atoms with Crippen molar-refractivity contribution in [2.75, 3.05) is 28.4 Å². The number of ether oxygens (including phenoxy) is 4. The Hall–Kier alpha value is -3.90. The lowest BCUT2D eigenvalue weighted by Crippen LogP contribution is -2.22. The fourth-order valence-electron chi connectivity index (χ4n) is 4.39. The Bertz CT molecular complexity index is 1460. The Morgan fingerprint density at radius 3 is 1.24 bits per heavy atom. The third-order valence-corrected chi connectivity index (χ3v) is 7.14. The van der Waals surface area contributed by atoms with Gasteiger partial charge in [-0.3, -0.25) is 19.2 Å². The number of carbonyl (C=O) groups excluding carboxylic acids is 6. The lowest BCUT2D eigenvalue weighted by molar-refractivity contribution is 0.0587. The minimum Gasteiger partial charge on any atom is -0.495 e. The van der Waals surface area contributed by atoms with E-state index in [-0.39, 0.29) is 65.0 Å². The Balaban J connectivity index is 2.34. The minimum atomic E-state index is -0.918.